The van der Waals surface area contributed by atoms with Crippen LogP contribution in [0.2, 0.25) is 10.2 Å². The topological polar surface area (TPSA) is 12.9 Å². The van der Waals surface area contributed by atoms with Crippen LogP contribution >= 0.6 is 23.2 Å². The van der Waals surface area contributed by atoms with E-state index in [0.717, 1.165) is 17.7 Å². The highest BCUT2D eigenvalue weighted by molar-refractivity contribution is 6.31. The summed E-state index contributed by atoms with van der Waals surface area (Å²) in [5, 5.41) is 0.259. The predicted octanol–water partition coefficient (Wildman–Crippen LogP) is 5.38. The molecule has 0 N–H and O–H groups in total. The number of nitrogens with zero attached hydrogens (tertiary/aromatic N) is 1. The maximum absolute atomic E-state index is 12.7. The van der Waals surface area contributed by atoms with Crippen LogP contribution in [0.1, 0.15) is 11.1 Å². The Morgan fingerprint density at radius 3 is 2.32 bits per heavy atom. The van der Waals surface area contributed by atoms with Gasteiger partial charge >= 0.3 is 6.18 Å². The highest BCUT2D eigenvalue weighted by atomic mass is 35.5. The molecule has 0 bridgehead atoms. The molecule has 19 heavy (non-hydrogen) atoms. The first-order valence-electron chi connectivity index (χ1n) is 5.28. The van der Waals surface area contributed by atoms with Gasteiger partial charge in [-0.1, -0.05) is 35.3 Å². The lowest BCUT2D eigenvalue weighted by molar-refractivity contribution is -0.137. The summed E-state index contributed by atoms with van der Waals surface area (Å²) < 4.78 is 38.1. The molecule has 0 saturated carbocycles. The molecule has 100 valence electrons. The Kier molecular flexibility index (Phi) is 3.74. The third kappa shape index (κ3) is 3.19. The molecule has 0 aliphatic heterocycles. The van der Waals surface area contributed by atoms with Crippen molar-refractivity contribution in [3.8, 4) is 11.3 Å². The van der Waals surface area contributed by atoms with Crippen molar-refractivity contribution in [3.05, 3.63) is 51.6 Å². The van der Waals surface area contributed by atoms with Gasteiger partial charge in [0, 0.05) is 10.6 Å². The molecular weight excluding hydrogens is 298 g/mol. The summed E-state index contributed by atoms with van der Waals surface area (Å²) in [4.78, 5) is 3.90. The molecule has 0 atom stereocenters. The minimum Gasteiger partial charge on any atom is -0.236 e. The number of hydrogen-bond donors (Lipinski definition) is 0. The van der Waals surface area contributed by atoms with E-state index in [-0.39, 0.29) is 10.8 Å². The molecule has 1 heterocycles. The molecule has 0 unspecified atom stereocenters. The molecule has 0 spiro atoms. The van der Waals surface area contributed by atoms with Gasteiger partial charge in [0.15, 0.2) is 0 Å². The fourth-order valence-electron chi connectivity index (χ4n) is 1.56. The van der Waals surface area contributed by atoms with Gasteiger partial charge in [-0.05, 0) is 30.7 Å². The molecule has 2 aromatic rings. The van der Waals surface area contributed by atoms with E-state index in [1.54, 1.807) is 25.1 Å². The number of aryl methyl sites for hydroxylation is 1. The lowest BCUT2D eigenvalue weighted by atomic mass is 10.1. The lowest BCUT2D eigenvalue weighted by Gasteiger charge is -2.10. The Morgan fingerprint density at radius 2 is 1.74 bits per heavy atom. The van der Waals surface area contributed by atoms with Gasteiger partial charge in [-0.15, -0.1) is 0 Å². The number of hydrogen-bond acceptors (Lipinski definition) is 1. The Labute approximate surface area is 118 Å². The Morgan fingerprint density at radius 1 is 1.05 bits per heavy atom. The van der Waals surface area contributed by atoms with E-state index in [4.69, 9.17) is 23.2 Å². The minimum absolute atomic E-state index is 0.140. The molecule has 0 fully saturated rings. The second-order valence-corrected chi connectivity index (χ2v) is 4.82. The van der Waals surface area contributed by atoms with Crippen molar-refractivity contribution in [1.82, 2.24) is 4.98 Å². The average Bonchev–Trinajstić information content (AvgIpc) is 2.31. The quantitative estimate of drug-likeness (QED) is 0.644. The highest BCUT2D eigenvalue weighted by Crippen LogP contribution is 2.34. The number of alkyl halides is 3. The van der Waals surface area contributed by atoms with Crippen LogP contribution in [0.5, 0.6) is 0 Å². The zero-order valence-electron chi connectivity index (χ0n) is 9.72. The summed E-state index contributed by atoms with van der Waals surface area (Å²) >= 11 is 11.6. The third-order valence-corrected chi connectivity index (χ3v) is 3.19. The second kappa shape index (κ2) is 5.02. The van der Waals surface area contributed by atoms with Gasteiger partial charge in [0.05, 0.1) is 11.3 Å². The largest absolute Gasteiger partial charge is 0.416 e. The van der Waals surface area contributed by atoms with E-state index in [1.165, 1.54) is 0 Å². The number of benzene rings is 1. The van der Waals surface area contributed by atoms with Gasteiger partial charge in [-0.25, -0.2) is 4.98 Å². The maximum Gasteiger partial charge on any atom is 0.416 e. The van der Waals surface area contributed by atoms with Crippen LogP contribution in [0, 0.1) is 6.92 Å². The van der Waals surface area contributed by atoms with Gasteiger partial charge < -0.3 is 0 Å². The number of halogens is 5. The van der Waals surface area contributed by atoms with Gasteiger partial charge in [-0.2, -0.15) is 13.2 Å². The normalized spacial score (nSPS) is 11.7. The standard InChI is InChI=1S/C13H8Cl2F3N/c1-7-2-3-8(4-10(7)14)11-5-9(13(16,17)18)6-12(15)19-11/h2-6H,1H3. The highest BCUT2D eigenvalue weighted by Gasteiger charge is 2.31. The Balaban J connectivity index is 2.56. The molecule has 0 radical (unpaired) electrons. The van der Waals surface area contributed by atoms with E-state index >= 15 is 0 Å². The molecule has 1 aromatic heterocycles. The molecule has 0 saturated heterocycles. The van der Waals surface area contributed by atoms with Crippen molar-refractivity contribution in [3.63, 3.8) is 0 Å². The Bertz CT molecular complexity index is 624. The number of rotatable bonds is 1. The van der Waals surface area contributed by atoms with Crippen molar-refractivity contribution in [2.75, 3.05) is 0 Å². The van der Waals surface area contributed by atoms with E-state index in [1.807, 2.05) is 0 Å². The zero-order chi connectivity index (χ0) is 14.2. The maximum atomic E-state index is 12.7. The fraction of sp³-hybridized carbons (Fsp3) is 0.154. The first-order valence-corrected chi connectivity index (χ1v) is 6.04. The number of aromatic nitrogens is 1. The van der Waals surface area contributed by atoms with Crippen LogP contribution in [0.4, 0.5) is 13.2 Å². The summed E-state index contributed by atoms with van der Waals surface area (Å²) in [6.07, 6.45) is -4.46. The van der Waals surface area contributed by atoms with Gasteiger partial charge in [0.1, 0.15) is 5.15 Å². The molecule has 0 aliphatic carbocycles. The van der Waals surface area contributed by atoms with Crippen molar-refractivity contribution in [2.24, 2.45) is 0 Å². The Hall–Kier alpha value is -1.26. The smallest absolute Gasteiger partial charge is 0.236 e. The molecule has 0 aliphatic rings. The van der Waals surface area contributed by atoms with Crippen LogP contribution in [0.15, 0.2) is 30.3 Å². The van der Waals surface area contributed by atoms with Gasteiger partial charge in [0.25, 0.3) is 0 Å². The molecular formula is C13H8Cl2F3N. The van der Waals surface area contributed by atoms with E-state index in [9.17, 15) is 13.2 Å². The molecule has 6 heteroatoms. The molecule has 0 amide bonds. The second-order valence-electron chi connectivity index (χ2n) is 4.03. The summed E-state index contributed by atoms with van der Waals surface area (Å²) in [6.45, 7) is 1.80. The predicted molar refractivity (Wildman–Crippen MR) is 69.4 cm³/mol. The van der Waals surface area contributed by atoms with E-state index in [2.05, 4.69) is 4.98 Å². The summed E-state index contributed by atoms with van der Waals surface area (Å²) in [5.74, 6) is 0. The monoisotopic (exact) mass is 305 g/mol. The molecule has 1 nitrogen and oxygen atoms in total. The minimum atomic E-state index is -4.46. The van der Waals surface area contributed by atoms with Crippen molar-refractivity contribution in [1.29, 1.82) is 0 Å². The van der Waals surface area contributed by atoms with Crippen LogP contribution in [-0.4, -0.2) is 4.98 Å². The third-order valence-electron chi connectivity index (χ3n) is 2.59. The van der Waals surface area contributed by atoms with Crippen molar-refractivity contribution < 1.29 is 13.2 Å². The summed E-state index contributed by atoms with van der Waals surface area (Å²) in [7, 11) is 0. The van der Waals surface area contributed by atoms with E-state index < -0.39 is 11.7 Å². The molecule has 2 rings (SSSR count). The molecule has 1 aromatic carbocycles. The SMILES string of the molecule is Cc1ccc(-c2cc(C(F)(F)F)cc(Cl)n2)cc1Cl. The van der Waals surface area contributed by atoms with Gasteiger partial charge in [0.2, 0.25) is 0 Å². The van der Waals surface area contributed by atoms with Crippen molar-refractivity contribution in [2.45, 2.75) is 13.1 Å². The average molecular weight is 306 g/mol. The van der Waals surface area contributed by atoms with Crippen LogP contribution in [-0.2, 0) is 6.18 Å². The zero-order valence-corrected chi connectivity index (χ0v) is 11.2. The first kappa shape index (κ1) is 14.2. The van der Waals surface area contributed by atoms with E-state index in [0.29, 0.717) is 10.6 Å². The summed E-state index contributed by atoms with van der Waals surface area (Å²) in [5.41, 5.74) is 0.632. The van der Waals surface area contributed by atoms with Crippen LogP contribution in [0.3, 0.4) is 0 Å². The van der Waals surface area contributed by atoms with Gasteiger partial charge in [-0.3, -0.25) is 0 Å². The number of pyridine rings is 1. The van der Waals surface area contributed by atoms with Crippen LogP contribution in [0.25, 0.3) is 11.3 Å². The van der Waals surface area contributed by atoms with Crippen molar-refractivity contribution >= 4 is 23.2 Å². The first-order chi connectivity index (χ1) is 8.77. The lowest BCUT2D eigenvalue weighted by Crippen LogP contribution is -2.05. The summed E-state index contributed by atoms with van der Waals surface area (Å²) in [6, 6.07) is 6.68. The fourth-order valence-corrected chi connectivity index (χ4v) is 1.95. The van der Waals surface area contributed by atoms with Crippen LogP contribution < -0.4 is 0 Å².